The average molecular weight is 1130 g/mol. The Balaban J connectivity index is 1.35. The van der Waals surface area contributed by atoms with E-state index < -0.39 is 35.8 Å². The van der Waals surface area contributed by atoms with Gasteiger partial charge in [-0.05, 0) is 196 Å². The molecular weight excluding hydrogens is 1060 g/mol. The number of esters is 4. The first-order chi connectivity index (χ1) is 38.3. The lowest BCUT2D eigenvalue weighted by atomic mass is 9.86. The largest absolute Gasteiger partial charge is 0.508 e. The summed E-state index contributed by atoms with van der Waals surface area (Å²) in [5.74, 6) is -5.31. The number of phenols is 2. The van der Waals surface area contributed by atoms with Crippen molar-refractivity contribution in [3.8, 4) is 57.5 Å². The van der Waals surface area contributed by atoms with Crippen LogP contribution in [0.2, 0.25) is 0 Å². The number of hydrogen-bond donors (Lipinski definition) is 4. The van der Waals surface area contributed by atoms with Crippen LogP contribution in [0.3, 0.4) is 0 Å². The normalized spacial score (nSPS) is 11.0. The number of carbonyl (C=O) groups excluding carboxylic acids is 4. The van der Waals surface area contributed by atoms with Crippen molar-refractivity contribution in [2.75, 3.05) is 28.4 Å². The van der Waals surface area contributed by atoms with Gasteiger partial charge >= 0.3 is 35.8 Å². The molecule has 434 valence electrons. The molecule has 0 aliphatic heterocycles. The molecule has 0 unspecified atom stereocenters. The molecule has 0 bridgehead atoms. The predicted octanol–water partition coefficient (Wildman–Crippen LogP) is 12.2. The maximum absolute atomic E-state index is 14.6. The highest BCUT2D eigenvalue weighted by molar-refractivity contribution is 6.02. The molecule has 6 aromatic carbocycles. The van der Waals surface area contributed by atoms with Gasteiger partial charge in [0.2, 0.25) is 0 Å². The third-order valence-corrected chi connectivity index (χ3v) is 16.2. The molecule has 0 heterocycles. The Kier molecular flexibility index (Phi) is 17.9. The SMILES string of the molecule is COc1c(C)c(OC(=O)c2c(C)c(C)c(OC(=O)c3c(C)cc(O)c(Cc4c(C)c(C(=O)Oc5c(C)c(C)c(C(=O)Oc6c(C)c(C)c(C(=O)O)c(OC)c6C)c(OC)c5C)c(C)c(C)c4O)c3C)c(C)c2OC)c(C)c(C)c1C(=O)O. The quantitative estimate of drug-likeness (QED) is 0.0519. The molecule has 0 fully saturated rings. The third kappa shape index (κ3) is 10.4. The molecule has 0 atom stereocenters. The van der Waals surface area contributed by atoms with E-state index in [1.54, 1.807) is 118 Å². The zero-order valence-corrected chi connectivity index (χ0v) is 50.3. The van der Waals surface area contributed by atoms with E-state index >= 15 is 0 Å². The van der Waals surface area contributed by atoms with E-state index in [9.17, 15) is 49.2 Å². The van der Waals surface area contributed by atoms with Crippen LogP contribution >= 0.6 is 0 Å². The second-order valence-corrected chi connectivity index (χ2v) is 20.6. The third-order valence-electron chi connectivity index (χ3n) is 16.2. The van der Waals surface area contributed by atoms with Gasteiger partial charge in [0.1, 0.15) is 79.7 Å². The summed E-state index contributed by atoms with van der Waals surface area (Å²) < 4.78 is 46.9. The lowest BCUT2D eigenvalue weighted by Crippen LogP contribution is -2.20. The number of methoxy groups -OCH3 is 4. The lowest BCUT2D eigenvalue weighted by molar-refractivity contribution is 0.0679. The van der Waals surface area contributed by atoms with Crippen LogP contribution in [-0.4, -0.2) is 84.7 Å². The molecule has 6 rings (SSSR count). The lowest BCUT2D eigenvalue weighted by Gasteiger charge is -2.23. The first-order valence-corrected chi connectivity index (χ1v) is 26.0. The summed E-state index contributed by atoms with van der Waals surface area (Å²) in [4.78, 5) is 81.9. The van der Waals surface area contributed by atoms with Gasteiger partial charge in [-0.2, -0.15) is 0 Å². The van der Waals surface area contributed by atoms with Crippen molar-refractivity contribution >= 4 is 35.8 Å². The van der Waals surface area contributed by atoms with Crippen LogP contribution in [0.4, 0.5) is 0 Å². The number of benzene rings is 6. The smallest absolute Gasteiger partial charge is 0.347 e. The number of carboxylic acids is 2. The van der Waals surface area contributed by atoms with E-state index in [2.05, 4.69) is 0 Å². The minimum Gasteiger partial charge on any atom is -0.508 e. The fourth-order valence-corrected chi connectivity index (χ4v) is 11.1. The molecule has 18 heteroatoms. The van der Waals surface area contributed by atoms with E-state index in [4.69, 9.17) is 37.9 Å². The van der Waals surface area contributed by atoms with Crippen LogP contribution < -0.4 is 37.9 Å². The number of phenolic OH excluding ortho intramolecular Hbond substituents is 2. The summed E-state index contributed by atoms with van der Waals surface area (Å²) in [6.07, 6.45) is -0.159. The number of aromatic hydroxyl groups is 2. The molecule has 0 saturated heterocycles. The molecular formula is C64H70O18. The molecule has 0 aliphatic rings. The predicted molar refractivity (Wildman–Crippen MR) is 305 cm³/mol. The van der Waals surface area contributed by atoms with E-state index in [1.165, 1.54) is 34.5 Å². The van der Waals surface area contributed by atoms with Crippen molar-refractivity contribution in [2.45, 2.75) is 124 Å². The van der Waals surface area contributed by atoms with Crippen molar-refractivity contribution in [3.63, 3.8) is 0 Å². The molecule has 82 heavy (non-hydrogen) atoms. The Bertz CT molecular complexity index is 3780. The molecule has 0 amide bonds. The minimum atomic E-state index is -1.20. The maximum Gasteiger partial charge on any atom is 0.347 e. The number of rotatable bonds is 16. The van der Waals surface area contributed by atoms with Gasteiger partial charge in [-0.15, -0.1) is 0 Å². The van der Waals surface area contributed by atoms with Crippen molar-refractivity contribution < 1.29 is 87.1 Å². The summed E-state index contributed by atoms with van der Waals surface area (Å²) in [5.41, 5.74) is 6.77. The van der Waals surface area contributed by atoms with Gasteiger partial charge in [-0.3, -0.25) is 0 Å². The van der Waals surface area contributed by atoms with Gasteiger partial charge in [0.15, 0.2) is 0 Å². The summed E-state index contributed by atoms with van der Waals surface area (Å²) in [5, 5.41) is 43.3. The van der Waals surface area contributed by atoms with E-state index in [-0.39, 0.29) is 108 Å². The number of hydrogen-bond acceptors (Lipinski definition) is 16. The fraction of sp³-hybridized carbons (Fsp3) is 0.344. The van der Waals surface area contributed by atoms with Crippen molar-refractivity contribution in [3.05, 3.63) is 145 Å². The number of aromatic carboxylic acids is 2. The second-order valence-electron chi connectivity index (χ2n) is 20.6. The van der Waals surface area contributed by atoms with Crippen molar-refractivity contribution in [1.29, 1.82) is 0 Å². The fourth-order valence-electron chi connectivity index (χ4n) is 11.1. The number of aryl methyl sites for hydroxylation is 1. The second kappa shape index (κ2) is 23.6. The first-order valence-electron chi connectivity index (χ1n) is 26.0. The Morgan fingerprint density at radius 3 is 0.902 bits per heavy atom. The molecule has 6 aromatic rings. The Morgan fingerprint density at radius 1 is 0.317 bits per heavy atom. The van der Waals surface area contributed by atoms with Gasteiger partial charge in [0, 0.05) is 39.8 Å². The molecule has 0 spiro atoms. The molecule has 0 aromatic heterocycles. The van der Waals surface area contributed by atoms with E-state index in [1.807, 2.05) is 0 Å². The first kappa shape index (κ1) is 62.1. The number of ether oxygens (including phenoxy) is 8. The average Bonchev–Trinajstić information content (AvgIpc) is 3.55. The Hall–Kier alpha value is -9.06. The van der Waals surface area contributed by atoms with Gasteiger partial charge in [0.25, 0.3) is 0 Å². The summed E-state index contributed by atoms with van der Waals surface area (Å²) in [7, 11) is 5.37. The zero-order chi connectivity index (χ0) is 61.7. The van der Waals surface area contributed by atoms with E-state index in [0.29, 0.717) is 94.6 Å². The maximum atomic E-state index is 14.6. The molecule has 0 radical (unpaired) electrons. The van der Waals surface area contributed by atoms with Gasteiger partial charge in [-0.1, -0.05) is 0 Å². The molecule has 4 N–H and O–H groups in total. The summed E-state index contributed by atoms with van der Waals surface area (Å²) >= 11 is 0. The molecule has 0 saturated carbocycles. The topological polar surface area (TPSA) is 257 Å². The Labute approximate surface area is 476 Å². The monoisotopic (exact) mass is 1130 g/mol. The van der Waals surface area contributed by atoms with E-state index in [0.717, 1.165) is 0 Å². The van der Waals surface area contributed by atoms with Gasteiger partial charge in [-0.25, -0.2) is 28.8 Å². The zero-order valence-electron chi connectivity index (χ0n) is 50.3. The van der Waals surface area contributed by atoms with Crippen LogP contribution in [0.15, 0.2) is 6.07 Å². The van der Waals surface area contributed by atoms with Crippen LogP contribution in [0.25, 0.3) is 0 Å². The highest BCUT2D eigenvalue weighted by atomic mass is 16.6. The number of carbonyl (C=O) groups is 6. The highest BCUT2D eigenvalue weighted by Gasteiger charge is 2.34. The summed E-state index contributed by atoms with van der Waals surface area (Å²) in [6, 6.07) is 1.41. The summed E-state index contributed by atoms with van der Waals surface area (Å²) in [6.45, 7) is 27.7. The highest BCUT2D eigenvalue weighted by Crippen LogP contribution is 2.46. The molecule has 0 aliphatic carbocycles. The van der Waals surface area contributed by atoms with Crippen LogP contribution in [0.5, 0.6) is 57.5 Å². The molecule has 18 nitrogen and oxygen atoms in total. The van der Waals surface area contributed by atoms with Crippen LogP contribution in [-0.2, 0) is 6.42 Å². The van der Waals surface area contributed by atoms with Crippen LogP contribution in [0, 0.1) is 118 Å². The number of carboxylic acid groups (broad SMARTS) is 2. The minimum absolute atomic E-state index is 0.0450. The Morgan fingerprint density at radius 2 is 0.585 bits per heavy atom. The standard InChI is InChI=1S/C64H70O18/c1-24-22-43(65)41(35(12)44(24)61(71)79-53-33(10)28(5)48(57(77-20)39(53)16)63(73)81-51-31(8)26(3)46(59(67)68)55(75-18)37(51)14)23-42-36(13)45(25(2)30(7)50(42)66)62(72)80-54-34(11)29(6)49(58(78-21)40(54)17)64(74)82-52-32(9)27(4)47(60(69)70)56(76-19)38(52)15/h22,65-66H,23H2,1-21H3,(H,67,68)(H,69,70). The van der Waals surface area contributed by atoms with Crippen molar-refractivity contribution in [1.82, 2.24) is 0 Å². The van der Waals surface area contributed by atoms with Gasteiger partial charge in [0.05, 0.1) is 39.6 Å². The van der Waals surface area contributed by atoms with Crippen molar-refractivity contribution in [2.24, 2.45) is 0 Å². The van der Waals surface area contributed by atoms with Crippen LogP contribution in [0.1, 0.15) is 168 Å². The van der Waals surface area contributed by atoms with Gasteiger partial charge < -0.3 is 58.3 Å².